The fourth-order valence-electron chi connectivity index (χ4n) is 7.24. The standard InChI is InChI=1S/C37H59NO23/c39-11-17-21(43)22(44)26(48)34(55-17)59-31-19(13-41)57-36(28(50)24(31)46)61-32-20(14-42)58-35(29(51)25(32)47)60-30-18(12-40)56-33(27(49)23(30)45)53-10-6-2-5-9-38-37(52)54-15-16-7-3-1-4-8-16/h1,3-4,7-8,17-36,39-51H,2,5-6,9-15H2,(H,38,52)/t17?,18?,19?,20?,21-,22+,23-,24-,25-,26?,27?,28?,29?,30-,31-,32-,33-,34+,35+,36+/m1/s1. The Morgan fingerprint density at radius 1 is 0.508 bits per heavy atom. The van der Waals surface area contributed by atoms with Crippen molar-refractivity contribution in [1.82, 2.24) is 5.32 Å². The summed E-state index contributed by atoms with van der Waals surface area (Å²) < 4.78 is 49.8. The van der Waals surface area contributed by atoms with Gasteiger partial charge in [0.05, 0.1) is 26.4 Å². The van der Waals surface area contributed by atoms with Gasteiger partial charge in [-0.3, -0.25) is 0 Å². The summed E-state index contributed by atoms with van der Waals surface area (Å²) in [4.78, 5) is 11.9. The fourth-order valence-corrected chi connectivity index (χ4v) is 7.24. The average molecular weight is 886 g/mol. The molecule has 0 spiro atoms. The third-order valence-corrected chi connectivity index (χ3v) is 10.8. The number of aliphatic hydroxyl groups is 13. The molecule has 8 unspecified atom stereocenters. The van der Waals surface area contributed by atoms with Crippen LogP contribution in [0.25, 0.3) is 0 Å². The van der Waals surface area contributed by atoms with E-state index in [1.807, 2.05) is 30.3 Å². The van der Waals surface area contributed by atoms with Crippen molar-refractivity contribution in [3.63, 3.8) is 0 Å². The minimum Gasteiger partial charge on any atom is -0.445 e. The molecule has 0 bridgehead atoms. The Balaban J connectivity index is 1.09. The van der Waals surface area contributed by atoms with Crippen molar-refractivity contribution in [1.29, 1.82) is 0 Å². The Hall–Kier alpha value is -2.35. The number of amides is 1. The Morgan fingerprint density at radius 2 is 0.934 bits per heavy atom. The minimum atomic E-state index is -2.04. The molecule has 20 atom stereocenters. The number of carbonyl (C=O) groups excluding carboxylic acids is 1. The fraction of sp³-hybridized carbons (Fsp3) is 0.811. The van der Waals surface area contributed by atoms with Gasteiger partial charge in [-0.15, -0.1) is 0 Å². The normalized spacial score (nSPS) is 41.9. The van der Waals surface area contributed by atoms with Crippen LogP contribution in [0.1, 0.15) is 24.8 Å². The lowest BCUT2D eigenvalue weighted by Crippen LogP contribution is -2.67. The van der Waals surface area contributed by atoms with E-state index in [1.165, 1.54) is 0 Å². The SMILES string of the molecule is O=C(NCCCCCO[C@@H]1OC(CO)[C@@H](O[C@@H]2OC(CO)[C@@H](O[C@@H]3OC(CO)[C@@H](O[C@@H]4OC(CO)[C@@H](O)[C@H](O)C4O)[C@H](O)C3O)[C@H](O)C2O)[C@H](O)C1O)OCc1ccccc1. The first kappa shape index (κ1) is 49.7. The van der Waals surface area contributed by atoms with E-state index in [1.54, 1.807) is 0 Å². The molecule has 0 radical (unpaired) electrons. The molecule has 4 fully saturated rings. The van der Waals surface area contributed by atoms with Crippen LogP contribution in [0.2, 0.25) is 0 Å². The van der Waals surface area contributed by atoms with Crippen molar-refractivity contribution in [3.05, 3.63) is 35.9 Å². The van der Waals surface area contributed by atoms with Gasteiger partial charge in [-0.05, 0) is 24.8 Å². The molecule has 350 valence electrons. The number of nitrogens with one attached hydrogen (secondary N) is 1. The summed E-state index contributed by atoms with van der Waals surface area (Å²) in [6, 6.07) is 9.19. The largest absolute Gasteiger partial charge is 0.445 e. The molecule has 4 saturated heterocycles. The molecule has 61 heavy (non-hydrogen) atoms. The number of rotatable bonds is 19. The van der Waals surface area contributed by atoms with Gasteiger partial charge in [-0.2, -0.15) is 0 Å². The molecule has 1 amide bonds. The highest BCUT2D eigenvalue weighted by molar-refractivity contribution is 5.67. The van der Waals surface area contributed by atoms with Gasteiger partial charge in [0.2, 0.25) is 0 Å². The summed E-state index contributed by atoms with van der Waals surface area (Å²) in [6.45, 7) is -2.84. The number of hydrogen-bond donors (Lipinski definition) is 14. The van der Waals surface area contributed by atoms with Gasteiger partial charge in [-0.25, -0.2) is 4.79 Å². The third-order valence-electron chi connectivity index (χ3n) is 10.8. The van der Waals surface area contributed by atoms with Crippen molar-refractivity contribution < 1.29 is 114 Å². The highest BCUT2D eigenvalue weighted by atomic mass is 16.8. The lowest BCUT2D eigenvalue weighted by Gasteiger charge is -2.49. The number of alkyl carbamates (subject to hydrolysis) is 1. The van der Waals surface area contributed by atoms with E-state index in [-0.39, 0.29) is 13.2 Å². The first-order chi connectivity index (χ1) is 29.2. The predicted molar refractivity (Wildman–Crippen MR) is 196 cm³/mol. The van der Waals surface area contributed by atoms with Crippen molar-refractivity contribution in [2.24, 2.45) is 0 Å². The highest BCUT2D eigenvalue weighted by Gasteiger charge is 2.55. The van der Waals surface area contributed by atoms with Gasteiger partial charge >= 0.3 is 6.09 Å². The van der Waals surface area contributed by atoms with Gasteiger partial charge in [-0.1, -0.05) is 30.3 Å². The van der Waals surface area contributed by atoms with Crippen molar-refractivity contribution in [2.45, 2.75) is 149 Å². The first-order valence-corrected chi connectivity index (χ1v) is 19.9. The molecule has 5 rings (SSSR count). The molecule has 4 aliphatic heterocycles. The average Bonchev–Trinajstić information content (AvgIpc) is 3.27. The molecule has 14 N–H and O–H groups in total. The second kappa shape index (κ2) is 23.5. The number of unbranched alkanes of at least 4 members (excludes halogenated alkanes) is 2. The van der Waals surface area contributed by atoms with Crippen LogP contribution in [-0.4, -0.2) is 235 Å². The second-order valence-corrected chi connectivity index (χ2v) is 15.0. The Kier molecular flexibility index (Phi) is 19.2. The summed E-state index contributed by atoms with van der Waals surface area (Å²) in [5.41, 5.74) is 0.849. The molecule has 1 aromatic rings. The molecule has 24 heteroatoms. The van der Waals surface area contributed by atoms with E-state index >= 15 is 0 Å². The molecule has 4 heterocycles. The van der Waals surface area contributed by atoms with Gasteiger partial charge in [0, 0.05) is 13.2 Å². The summed E-state index contributed by atoms with van der Waals surface area (Å²) in [7, 11) is 0. The maximum Gasteiger partial charge on any atom is 0.407 e. The zero-order valence-electron chi connectivity index (χ0n) is 32.9. The van der Waals surface area contributed by atoms with E-state index in [0.717, 1.165) is 5.56 Å². The summed E-state index contributed by atoms with van der Waals surface area (Å²) in [5.74, 6) is 0. The molecule has 0 aliphatic carbocycles. The zero-order chi connectivity index (χ0) is 44.4. The number of ether oxygens (including phenoxy) is 9. The summed E-state index contributed by atoms with van der Waals surface area (Å²) in [5, 5.41) is 139. The smallest absolute Gasteiger partial charge is 0.407 e. The maximum atomic E-state index is 11.9. The van der Waals surface area contributed by atoms with E-state index in [9.17, 15) is 71.2 Å². The number of hydrogen-bond acceptors (Lipinski definition) is 23. The molecular weight excluding hydrogens is 826 g/mol. The van der Waals surface area contributed by atoms with E-state index in [4.69, 9.17) is 42.6 Å². The quantitative estimate of drug-likeness (QED) is 0.0574. The Morgan fingerprint density at radius 3 is 1.41 bits per heavy atom. The van der Waals surface area contributed by atoms with Crippen LogP contribution in [0, 0.1) is 0 Å². The van der Waals surface area contributed by atoms with Crippen molar-refractivity contribution >= 4 is 6.09 Å². The van der Waals surface area contributed by atoms with Crippen LogP contribution in [0.5, 0.6) is 0 Å². The number of benzene rings is 1. The maximum absolute atomic E-state index is 11.9. The van der Waals surface area contributed by atoms with Crippen molar-refractivity contribution in [3.8, 4) is 0 Å². The van der Waals surface area contributed by atoms with Gasteiger partial charge in [0.25, 0.3) is 0 Å². The molecule has 1 aromatic carbocycles. The summed E-state index contributed by atoms with van der Waals surface area (Å²) in [6.07, 6.45) is -33.7. The van der Waals surface area contributed by atoms with Crippen LogP contribution in [0.3, 0.4) is 0 Å². The molecule has 0 aromatic heterocycles. The number of aliphatic hydroxyl groups excluding tert-OH is 13. The monoisotopic (exact) mass is 885 g/mol. The summed E-state index contributed by atoms with van der Waals surface area (Å²) >= 11 is 0. The van der Waals surface area contributed by atoms with Crippen LogP contribution in [0.15, 0.2) is 30.3 Å². The predicted octanol–water partition coefficient (Wildman–Crippen LogP) is -6.63. The van der Waals surface area contributed by atoms with E-state index < -0.39 is 155 Å². The van der Waals surface area contributed by atoms with E-state index in [0.29, 0.717) is 25.8 Å². The first-order valence-electron chi connectivity index (χ1n) is 19.9. The van der Waals surface area contributed by atoms with E-state index in [2.05, 4.69) is 5.32 Å². The lowest BCUT2D eigenvalue weighted by molar-refractivity contribution is -0.388. The van der Waals surface area contributed by atoms with Crippen molar-refractivity contribution in [2.75, 3.05) is 39.6 Å². The second-order valence-electron chi connectivity index (χ2n) is 15.0. The van der Waals surface area contributed by atoms with Crippen LogP contribution in [0.4, 0.5) is 4.79 Å². The molecular formula is C37H59NO23. The minimum absolute atomic E-state index is 0.0637. The Bertz CT molecular complexity index is 1430. The third kappa shape index (κ3) is 12.3. The van der Waals surface area contributed by atoms with Gasteiger partial charge in [0.1, 0.15) is 104 Å². The van der Waals surface area contributed by atoms with Crippen LogP contribution < -0.4 is 5.32 Å². The van der Waals surface area contributed by atoms with Gasteiger partial charge in [0.15, 0.2) is 25.2 Å². The topological polar surface area (TPSA) is 375 Å². The number of carbonyl (C=O) groups is 1. The van der Waals surface area contributed by atoms with Crippen LogP contribution in [-0.2, 0) is 49.2 Å². The van der Waals surface area contributed by atoms with Gasteiger partial charge < -0.3 is 114 Å². The Labute approximate surface area is 349 Å². The molecule has 0 saturated carbocycles. The highest BCUT2D eigenvalue weighted by Crippen LogP contribution is 2.34. The lowest BCUT2D eigenvalue weighted by atomic mass is 9.95. The zero-order valence-corrected chi connectivity index (χ0v) is 32.9. The van der Waals surface area contributed by atoms with Crippen LogP contribution >= 0.6 is 0 Å². The molecule has 24 nitrogen and oxygen atoms in total. The molecule has 4 aliphatic rings.